The average molecular weight is 425 g/mol. The van der Waals surface area contributed by atoms with E-state index in [1.54, 1.807) is 49.4 Å². The number of amides is 1. The van der Waals surface area contributed by atoms with Crippen molar-refractivity contribution in [2.45, 2.75) is 19.8 Å². The van der Waals surface area contributed by atoms with Crippen LogP contribution in [0.2, 0.25) is 0 Å². The normalized spacial score (nSPS) is 13.4. The minimum Gasteiger partial charge on any atom is -0.493 e. The van der Waals surface area contributed by atoms with Crippen molar-refractivity contribution < 1.29 is 33.3 Å². The summed E-state index contributed by atoms with van der Waals surface area (Å²) in [5.74, 6) is 0.194. The molecule has 162 valence electrons. The number of anilines is 1. The number of carbonyl (C=O) groups excluding carboxylic acids is 3. The maximum Gasteiger partial charge on any atom is 0.311 e. The summed E-state index contributed by atoms with van der Waals surface area (Å²) in [6.45, 7) is 1.97. The van der Waals surface area contributed by atoms with E-state index in [4.69, 9.17) is 18.9 Å². The quantitative estimate of drug-likeness (QED) is 0.393. The maximum atomic E-state index is 12.5. The van der Waals surface area contributed by atoms with Crippen LogP contribution in [0.5, 0.6) is 17.2 Å². The zero-order chi connectivity index (χ0) is 22.4. The Balaban J connectivity index is 1.72. The van der Waals surface area contributed by atoms with Crippen LogP contribution in [0.15, 0.2) is 36.4 Å². The van der Waals surface area contributed by atoms with Crippen LogP contribution in [-0.4, -0.2) is 38.7 Å². The molecule has 8 nitrogen and oxygen atoms in total. The number of methoxy groups -OCH3 is 2. The van der Waals surface area contributed by atoms with Crippen molar-refractivity contribution in [3.05, 3.63) is 47.5 Å². The number of hydrogen-bond donors (Lipinski definition) is 1. The lowest BCUT2D eigenvalue weighted by molar-refractivity contribution is -0.146. The zero-order valence-electron chi connectivity index (χ0n) is 17.5. The molecule has 2 aromatic rings. The number of hydrogen-bond acceptors (Lipinski definition) is 7. The van der Waals surface area contributed by atoms with Gasteiger partial charge in [-0.15, -0.1) is 0 Å². The molecule has 0 saturated heterocycles. The fourth-order valence-corrected chi connectivity index (χ4v) is 3.08. The number of benzene rings is 2. The molecule has 2 aromatic carbocycles. The molecule has 1 N–H and O–H groups in total. The second-order valence-electron chi connectivity index (χ2n) is 6.61. The Hall–Kier alpha value is -3.81. The predicted octanol–water partition coefficient (Wildman–Crippen LogP) is 3.45. The summed E-state index contributed by atoms with van der Waals surface area (Å²) in [5.41, 5.74) is 2.58. The van der Waals surface area contributed by atoms with E-state index in [1.165, 1.54) is 14.2 Å². The van der Waals surface area contributed by atoms with Crippen LogP contribution in [0, 0.1) is 0 Å². The fraction of sp³-hybridized carbons (Fsp3) is 0.261. The van der Waals surface area contributed by atoms with E-state index in [0.29, 0.717) is 34.1 Å². The van der Waals surface area contributed by atoms with Crippen molar-refractivity contribution in [2.75, 3.05) is 26.1 Å². The first-order valence-corrected chi connectivity index (χ1v) is 9.71. The molecule has 0 unspecified atom stereocenters. The van der Waals surface area contributed by atoms with Gasteiger partial charge >= 0.3 is 11.9 Å². The zero-order valence-corrected chi connectivity index (χ0v) is 17.5. The van der Waals surface area contributed by atoms with Gasteiger partial charge in [-0.05, 0) is 36.8 Å². The number of carbonyl (C=O) groups is 3. The van der Waals surface area contributed by atoms with Crippen LogP contribution in [-0.2, 0) is 19.1 Å². The van der Waals surface area contributed by atoms with Crippen molar-refractivity contribution in [2.24, 2.45) is 0 Å². The van der Waals surface area contributed by atoms with Crippen molar-refractivity contribution >= 4 is 35.2 Å². The van der Waals surface area contributed by atoms with Crippen LogP contribution in [0.3, 0.4) is 0 Å². The van der Waals surface area contributed by atoms with Gasteiger partial charge in [0.2, 0.25) is 0 Å². The van der Waals surface area contributed by atoms with E-state index < -0.39 is 11.9 Å². The number of nitrogens with one attached hydrogen (secondary N) is 1. The Morgan fingerprint density at radius 1 is 0.968 bits per heavy atom. The summed E-state index contributed by atoms with van der Waals surface area (Å²) in [7, 11) is 3.06. The molecule has 0 spiro atoms. The van der Waals surface area contributed by atoms with Gasteiger partial charge in [0.1, 0.15) is 5.75 Å². The summed E-state index contributed by atoms with van der Waals surface area (Å²) in [6, 6.07) is 10.2. The highest BCUT2D eigenvalue weighted by atomic mass is 16.5. The van der Waals surface area contributed by atoms with E-state index >= 15 is 0 Å². The summed E-state index contributed by atoms with van der Waals surface area (Å²) >= 11 is 0. The van der Waals surface area contributed by atoms with Crippen LogP contribution in [0.1, 0.15) is 30.9 Å². The first kappa shape index (κ1) is 21.9. The Morgan fingerprint density at radius 3 is 2.26 bits per heavy atom. The molecule has 0 aromatic heterocycles. The average Bonchev–Trinajstić information content (AvgIpc) is 3.06. The first-order valence-electron chi connectivity index (χ1n) is 9.71. The van der Waals surface area contributed by atoms with E-state index in [-0.39, 0.29) is 25.4 Å². The molecule has 1 amide bonds. The maximum absolute atomic E-state index is 12.5. The van der Waals surface area contributed by atoms with Gasteiger partial charge in [-0.3, -0.25) is 14.4 Å². The van der Waals surface area contributed by atoms with Crippen LogP contribution in [0.4, 0.5) is 5.69 Å². The van der Waals surface area contributed by atoms with Gasteiger partial charge in [-0.25, -0.2) is 0 Å². The molecule has 31 heavy (non-hydrogen) atoms. The minimum atomic E-state index is -0.524. The lowest BCUT2D eigenvalue weighted by Crippen LogP contribution is -2.12. The van der Waals surface area contributed by atoms with E-state index in [1.807, 2.05) is 0 Å². The van der Waals surface area contributed by atoms with E-state index in [2.05, 4.69) is 5.32 Å². The van der Waals surface area contributed by atoms with Crippen LogP contribution in [0.25, 0.3) is 11.6 Å². The summed E-state index contributed by atoms with van der Waals surface area (Å²) in [6.07, 6.45) is 1.64. The second kappa shape index (κ2) is 9.80. The van der Waals surface area contributed by atoms with Gasteiger partial charge in [0.25, 0.3) is 5.91 Å². The molecule has 1 aliphatic rings. The first-order chi connectivity index (χ1) is 14.9. The third-order valence-corrected chi connectivity index (χ3v) is 4.57. The van der Waals surface area contributed by atoms with Crippen LogP contribution < -0.4 is 19.5 Å². The Morgan fingerprint density at radius 2 is 1.61 bits per heavy atom. The Bertz CT molecular complexity index is 1020. The molecule has 8 heteroatoms. The lowest BCUT2D eigenvalue weighted by atomic mass is 10.0. The van der Waals surface area contributed by atoms with Gasteiger partial charge in [-0.2, -0.15) is 0 Å². The van der Waals surface area contributed by atoms with Gasteiger partial charge in [-0.1, -0.05) is 12.1 Å². The van der Waals surface area contributed by atoms with Gasteiger partial charge < -0.3 is 24.3 Å². The standard InChI is InChI=1S/C23H23NO7/c1-4-30-21(25)9-10-22(26)31-15-7-5-14(6-8-15)11-17-16-12-19(28-2)20(29-3)13-18(16)24-23(17)27/h5-8,11-13H,4,9-10H2,1-3H3,(H,24,27)/b17-11+. The molecule has 0 fully saturated rings. The summed E-state index contributed by atoms with van der Waals surface area (Å²) in [5, 5.41) is 2.81. The van der Waals surface area contributed by atoms with Gasteiger partial charge in [0, 0.05) is 17.2 Å². The van der Waals surface area contributed by atoms with Crippen molar-refractivity contribution in [3.63, 3.8) is 0 Å². The SMILES string of the molecule is CCOC(=O)CCC(=O)Oc1ccc(/C=C2/C(=O)Nc3cc(OC)c(OC)cc32)cc1. The molecule has 0 atom stereocenters. The molecule has 0 aliphatic carbocycles. The molecule has 1 aliphatic heterocycles. The topological polar surface area (TPSA) is 100 Å². The number of esters is 2. The highest BCUT2D eigenvalue weighted by molar-refractivity contribution is 6.35. The largest absolute Gasteiger partial charge is 0.493 e. The van der Waals surface area contributed by atoms with Crippen molar-refractivity contribution in [3.8, 4) is 17.2 Å². The van der Waals surface area contributed by atoms with Crippen molar-refractivity contribution in [1.29, 1.82) is 0 Å². The van der Waals surface area contributed by atoms with E-state index in [9.17, 15) is 14.4 Å². The highest BCUT2D eigenvalue weighted by Crippen LogP contribution is 2.41. The predicted molar refractivity (Wildman–Crippen MR) is 114 cm³/mol. The molecule has 0 bridgehead atoms. The molecule has 0 radical (unpaired) electrons. The third kappa shape index (κ3) is 5.22. The summed E-state index contributed by atoms with van der Waals surface area (Å²) in [4.78, 5) is 35.6. The molecular weight excluding hydrogens is 402 g/mol. The molecule has 1 heterocycles. The Labute approximate surface area is 179 Å². The fourth-order valence-electron chi connectivity index (χ4n) is 3.08. The van der Waals surface area contributed by atoms with Crippen LogP contribution >= 0.6 is 0 Å². The van der Waals surface area contributed by atoms with Crippen molar-refractivity contribution in [1.82, 2.24) is 0 Å². The van der Waals surface area contributed by atoms with E-state index in [0.717, 1.165) is 5.56 Å². The highest BCUT2D eigenvalue weighted by Gasteiger charge is 2.26. The van der Waals surface area contributed by atoms with Gasteiger partial charge in [0.05, 0.1) is 39.4 Å². The number of ether oxygens (including phenoxy) is 4. The third-order valence-electron chi connectivity index (χ3n) is 4.57. The number of fused-ring (bicyclic) bond motifs is 1. The monoisotopic (exact) mass is 425 g/mol. The van der Waals surface area contributed by atoms with Gasteiger partial charge in [0.15, 0.2) is 11.5 Å². The smallest absolute Gasteiger partial charge is 0.311 e. The molecule has 3 rings (SSSR count). The Kier molecular flexibility index (Phi) is 6.92. The lowest BCUT2D eigenvalue weighted by Gasteiger charge is -2.09. The summed E-state index contributed by atoms with van der Waals surface area (Å²) < 4.78 is 20.6. The number of rotatable bonds is 8. The second-order valence-corrected chi connectivity index (χ2v) is 6.61. The molecule has 0 saturated carbocycles. The molecular formula is C23H23NO7. The minimum absolute atomic E-state index is 0.0282.